The Bertz CT molecular complexity index is 525. The molecule has 0 aromatic heterocycles. The molecule has 100 valence electrons. The van der Waals surface area contributed by atoms with Crippen LogP contribution in [-0.2, 0) is 16.4 Å². The highest BCUT2D eigenvalue weighted by Gasteiger charge is 2.30. The van der Waals surface area contributed by atoms with Gasteiger partial charge in [0.25, 0.3) is 0 Å². The molecule has 1 saturated heterocycles. The predicted molar refractivity (Wildman–Crippen MR) is 77.1 cm³/mol. The number of anilines is 1. The van der Waals surface area contributed by atoms with Gasteiger partial charge >= 0.3 is 0 Å². The molecule has 1 aromatic carbocycles. The van der Waals surface area contributed by atoms with E-state index in [0.29, 0.717) is 18.0 Å². The molecule has 2 rings (SSSR count). The van der Waals surface area contributed by atoms with Crippen molar-refractivity contribution < 1.29 is 8.42 Å². The molecule has 1 aromatic rings. The first-order valence-corrected chi connectivity index (χ1v) is 8.43. The van der Waals surface area contributed by atoms with Crippen molar-refractivity contribution in [3.63, 3.8) is 0 Å². The van der Waals surface area contributed by atoms with E-state index in [-0.39, 0.29) is 11.8 Å². The van der Waals surface area contributed by atoms with Crippen LogP contribution in [0.15, 0.2) is 22.7 Å². The van der Waals surface area contributed by atoms with E-state index in [1.54, 1.807) is 0 Å². The van der Waals surface area contributed by atoms with E-state index in [1.807, 2.05) is 25.2 Å². The molecule has 1 aliphatic rings. The molecule has 1 unspecified atom stereocenters. The maximum absolute atomic E-state index is 11.5. The summed E-state index contributed by atoms with van der Waals surface area (Å²) >= 11 is 3.41. The third kappa shape index (κ3) is 3.46. The number of benzene rings is 1. The molecule has 0 aliphatic carbocycles. The Kier molecular flexibility index (Phi) is 3.99. The lowest BCUT2D eigenvalue weighted by molar-refractivity contribution is 0.254. The monoisotopic (exact) mass is 332 g/mol. The Morgan fingerprint density at radius 1 is 1.44 bits per heavy atom. The Labute approximate surface area is 116 Å². The van der Waals surface area contributed by atoms with Crippen molar-refractivity contribution in [2.45, 2.75) is 19.0 Å². The highest BCUT2D eigenvalue weighted by molar-refractivity contribution is 9.10. The number of nitrogens with zero attached hydrogens (tertiary/aromatic N) is 1. The summed E-state index contributed by atoms with van der Waals surface area (Å²) in [6.07, 6.45) is 0.725. The van der Waals surface area contributed by atoms with Crippen LogP contribution in [0.5, 0.6) is 0 Å². The predicted octanol–water partition coefficient (Wildman–Crippen LogP) is 1.65. The normalized spacial score (nSPS) is 22.5. The van der Waals surface area contributed by atoms with Gasteiger partial charge in [-0.3, -0.25) is 4.90 Å². The van der Waals surface area contributed by atoms with Crippen LogP contribution in [0.4, 0.5) is 5.69 Å². The second-order valence-corrected chi connectivity index (χ2v) is 8.01. The number of sulfone groups is 1. The van der Waals surface area contributed by atoms with Crippen LogP contribution >= 0.6 is 15.9 Å². The quantitative estimate of drug-likeness (QED) is 0.855. The van der Waals surface area contributed by atoms with Gasteiger partial charge < -0.3 is 5.73 Å². The molecule has 0 spiro atoms. The van der Waals surface area contributed by atoms with E-state index >= 15 is 0 Å². The summed E-state index contributed by atoms with van der Waals surface area (Å²) in [5, 5.41) is 0. The van der Waals surface area contributed by atoms with Crippen LogP contribution in [0.3, 0.4) is 0 Å². The third-order valence-electron chi connectivity index (χ3n) is 3.24. The summed E-state index contributed by atoms with van der Waals surface area (Å²) in [6, 6.07) is 5.90. The highest BCUT2D eigenvalue weighted by atomic mass is 79.9. The number of halogens is 1. The number of rotatable bonds is 3. The average molecular weight is 333 g/mol. The average Bonchev–Trinajstić information content (AvgIpc) is 2.57. The Hall–Kier alpha value is -0.590. The van der Waals surface area contributed by atoms with Gasteiger partial charge in [-0.15, -0.1) is 0 Å². The van der Waals surface area contributed by atoms with Crippen molar-refractivity contribution in [1.29, 1.82) is 0 Å². The van der Waals surface area contributed by atoms with Crippen LogP contribution in [0.2, 0.25) is 0 Å². The third-order valence-corrected chi connectivity index (χ3v) is 5.45. The SMILES string of the molecule is CN(Cc1cc(N)cc(Br)c1)C1CCS(=O)(=O)C1. The van der Waals surface area contributed by atoms with E-state index in [1.165, 1.54) is 0 Å². The molecule has 1 heterocycles. The van der Waals surface area contributed by atoms with Crippen molar-refractivity contribution in [2.24, 2.45) is 0 Å². The van der Waals surface area contributed by atoms with Crippen LogP contribution in [-0.4, -0.2) is 37.9 Å². The zero-order valence-corrected chi connectivity index (χ0v) is 12.7. The van der Waals surface area contributed by atoms with Gasteiger partial charge in [-0.1, -0.05) is 15.9 Å². The first kappa shape index (κ1) is 13.8. The Morgan fingerprint density at radius 2 is 2.17 bits per heavy atom. The fraction of sp³-hybridized carbons (Fsp3) is 0.500. The minimum absolute atomic E-state index is 0.121. The zero-order chi connectivity index (χ0) is 13.3. The smallest absolute Gasteiger partial charge is 0.151 e. The van der Waals surface area contributed by atoms with Crippen molar-refractivity contribution in [2.75, 3.05) is 24.3 Å². The van der Waals surface area contributed by atoms with Gasteiger partial charge in [0.05, 0.1) is 11.5 Å². The lowest BCUT2D eigenvalue weighted by Crippen LogP contribution is -2.32. The molecule has 0 amide bonds. The van der Waals surface area contributed by atoms with E-state index in [2.05, 4.69) is 20.8 Å². The molecule has 0 bridgehead atoms. The summed E-state index contributed by atoms with van der Waals surface area (Å²) < 4.78 is 23.9. The van der Waals surface area contributed by atoms with E-state index in [9.17, 15) is 8.42 Å². The zero-order valence-electron chi connectivity index (χ0n) is 10.3. The lowest BCUT2D eigenvalue weighted by atomic mass is 10.1. The van der Waals surface area contributed by atoms with Gasteiger partial charge in [0.1, 0.15) is 0 Å². The van der Waals surface area contributed by atoms with Gasteiger partial charge in [0.15, 0.2) is 9.84 Å². The fourth-order valence-corrected chi connectivity index (χ4v) is 4.67. The minimum Gasteiger partial charge on any atom is -0.399 e. The molecule has 0 saturated carbocycles. The van der Waals surface area contributed by atoms with Gasteiger partial charge in [0.2, 0.25) is 0 Å². The largest absolute Gasteiger partial charge is 0.399 e. The molecular formula is C12H17BrN2O2S. The van der Waals surface area contributed by atoms with Crippen LogP contribution < -0.4 is 5.73 Å². The van der Waals surface area contributed by atoms with Crippen LogP contribution in [0, 0.1) is 0 Å². The molecule has 18 heavy (non-hydrogen) atoms. The van der Waals surface area contributed by atoms with E-state index in [4.69, 9.17) is 5.73 Å². The number of nitrogens with two attached hydrogens (primary N) is 1. The summed E-state index contributed by atoms with van der Waals surface area (Å²) in [5.74, 6) is 0.579. The number of nitrogen functional groups attached to an aromatic ring is 1. The summed E-state index contributed by atoms with van der Waals surface area (Å²) in [7, 11) is -0.864. The van der Waals surface area contributed by atoms with Gasteiger partial charge in [0, 0.05) is 22.7 Å². The minimum atomic E-state index is -2.82. The van der Waals surface area contributed by atoms with Gasteiger partial charge in [-0.2, -0.15) is 0 Å². The summed E-state index contributed by atoms with van der Waals surface area (Å²) in [5.41, 5.74) is 7.59. The van der Waals surface area contributed by atoms with Crippen molar-refractivity contribution >= 4 is 31.5 Å². The Morgan fingerprint density at radius 3 is 2.72 bits per heavy atom. The summed E-state index contributed by atoms with van der Waals surface area (Å²) in [6.45, 7) is 0.712. The van der Waals surface area contributed by atoms with E-state index < -0.39 is 9.84 Å². The molecule has 1 atom stereocenters. The molecular weight excluding hydrogens is 316 g/mol. The fourth-order valence-electron chi connectivity index (χ4n) is 2.31. The van der Waals surface area contributed by atoms with Crippen molar-refractivity contribution in [3.8, 4) is 0 Å². The molecule has 2 N–H and O–H groups in total. The lowest BCUT2D eigenvalue weighted by Gasteiger charge is -2.23. The topological polar surface area (TPSA) is 63.4 Å². The van der Waals surface area contributed by atoms with Crippen molar-refractivity contribution in [1.82, 2.24) is 4.90 Å². The first-order chi connectivity index (χ1) is 8.35. The second-order valence-electron chi connectivity index (χ2n) is 4.86. The standard InChI is InChI=1S/C12H17BrN2O2S/c1-15(12-2-3-18(16,17)8-12)7-9-4-10(13)6-11(14)5-9/h4-6,12H,2-3,7-8,14H2,1H3. The maximum Gasteiger partial charge on any atom is 0.151 e. The molecule has 0 radical (unpaired) electrons. The molecule has 4 nitrogen and oxygen atoms in total. The molecule has 6 heteroatoms. The maximum atomic E-state index is 11.5. The molecule has 1 fully saturated rings. The van der Waals surface area contributed by atoms with Crippen LogP contribution in [0.25, 0.3) is 0 Å². The van der Waals surface area contributed by atoms with Crippen LogP contribution in [0.1, 0.15) is 12.0 Å². The van der Waals surface area contributed by atoms with Gasteiger partial charge in [-0.25, -0.2) is 8.42 Å². The number of hydrogen-bond acceptors (Lipinski definition) is 4. The highest BCUT2D eigenvalue weighted by Crippen LogP contribution is 2.21. The Balaban J connectivity index is 2.05. The second kappa shape index (κ2) is 5.19. The van der Waals surface area contributed by atoms with Crippen molar-refractivity contribution in [3.05, 3.63) is 28.2 Å². The number of hydrogen-bond donors (Lipinski definition) is 1. The van der Waals surface area contributed by atoms with Gasteiger partial charge in [-0.05, 0) is 37.2 Å². The first-order valence-electron chi connectivity index (χ1n) is 5.81. The summed E-state index contributed by atoms with van der Waals surface area (Å²) in [4.78, 5) is 2.09. The molecule has 1 aliphatic heterocycles. The van der Waals surface area contributed by atoms with E-state index in [0.717, 1.165) is 16.5 Å².